The first-order valence-corrected chi connectivity index (χ1v) is 19.3. The molecule has 0 atom stereocenters. The Labute approximate surface area is 339 Å². The second kappa shape index (κ2) is 16.9. The number of hydrogen-bond acceptors (Lipinski definition) is 7. The minimum atomic E-state index is -1.13. The van der Waals surface area contributed by atoms with E-state index < -0.39 is 17.8 Å². The number of methoxy groups -OCH3 is 1. The van der Waals surface area contributed by atoms with Gasteiger partial charge in [-0.05, 0) is 70.0 Å². The van der Waals surface area contributed by atoms with Crippen molar-refractivity contribution < 1.29 is 23.8 Å². The number of aromatic nitrogens is 2. The maximum Gasteiger partial charge on any atom is 0.339 e. The Morgan fingerprint density at radius 2 is 1.17 bits per heavy atom. The number of esters is 1. The van der Waals surface area contributed by atoms with Gasteiger partial charge in [0, 0.05) is 43.1 Å². The number of carboxylic acids is 1. The summed E-state index contributed by atoms with van der Waals surface area (Å²) in [5.74, 6) is -2.00. The van der Waals surface area contributed by atoms with E-state index in [-0.39, 0.29) is 11.1 Å². The van der Waals surface area contributed by atoms with Gasteiger partial charge in [0.05, 0.1) is 49.7 Å². The third-order valence-electron chi connectivity index (χ3n) is 7.72. The maximum absolute atomic E-state index is 14.2. The normalized spacial score (nSPS) is 10.8. The van der Waals surface area contributed by atoms with Gasteiger partial charge in [0.2, 0.25) is 0 Å². The van der Waals surface area contributed by atoms with Crippen molar-refractivity contribution >= 4 is 96.9 Å². The Morgan fingerprint density at radius 3 is 1.68 bits per heavy atom. The summed E-state index contributed by atoms with van der Waals surface area (Å²) >= 11 is 30.3. The summed E-state index contributed by atoms with van der Waals surface area (Å²) in [4.78, 5) is 32.9. The van der Waals surface area contributed by atoms with Gasteiger partial charge in [-0.25, -0.2) is 23.9 Å². The van der Waals surface area contributed by atoms with E-state index in [1.54, 1.807) is 60.7 Å². The number of benzene rings is 5. The van der Waals surface area contributed by atoms with Gasteiger partial charge >= 0.3 is 11.9 Å². The van der Waals surface area contributed by atoms with Gasteiger partial charge in [0.1, 0.15) is 15.8 Å². The van der Waals surface area contributed by atoms with Crippen LogP contribution in [0.25, 0.3) is 54.8 Å². The lowest BCUT2D eigenvalue weighted by Crippen LogP contribution is -2.02. The van der Waals surface area contributed by atoms with Gasteiger partial charge in [-0.1, -0.05) is 94.9 Å². The van der Waals surface area contributed by atoms with E-state index in [1.165, 1.54) is 41.9 Å². The lowest BCUT2D eigenvalue weighted by Gasteiger charge is -2.09. The Morgan fingerprint density at radius 1 is 0.660 bits per heavy atom. The molecule has 0 bridgehead atoms. The number of halogens is 6. The molecule has 6 nitrogen and oxygen atoms in total. The van der Waals surface area contributed by atoms with Crippen LogP contribution < -0.4 is 0 Å². The summed E-state index contributed by atoms with van der Waals surface area (Å²) in [5.41, 5.74) is 5.72. The second-order valence-electron chi connectivity index (χ2n) is 11.1. The van der Waals surface area contributed by atoms with Crippen molar-refractivity contribution in [2.24, 2.45) is 0 Å². The Balaban J connectivity index is 0.000000185. The first-order chi connectivity index (χ1) is 25.4. The molecule has 0 amide bonds. The van der Waals surface area contributed by atoms with Gasteiger partial charge in [0.15, 0.2) is 0 Å². The number of carbonyl (C=O) groups excluding carboxylic acids is 1. The lowest BCUT2D eigenvalue weighted by molar-refractivity contribution is 0.0598. The molecule has 0 unspecified atom stereocenters. The van der Waals surface area contributed by atoms with E-state index in [0.29, 0.717) is 52.0 Å². The Kier molecular flexibility index (Phi) is 12.3. The molecule has 2 heterocycles. The van der Waals surface area contributed by atoms with Crippen LogP contribution in [0.3, 0.4) is 0 Å². The molecule has 7 aromatic rings. The molecule has 2 aromatic heterocycles. The monoisotopic (exact) mass is 884 g/mol. The largest absolute Gasteiger partial charge is 0.478 e. The van der Waals surface area contributed by atoms with Gasteiger partial charge in [-0.3, -0.25) is 0 Å². The fraction of sp³-hybridized carbons (Fsp3) is 0.0256. The predicted octanol–water partition coefficient (Wildman–Crippen LogP) is 13.6. The first kappa shape index (κ1) is 38.6. The van der Waals surface area contributed by atoms with E-state index in [4.69, 9.17) is 51.1 Å². The summed E-state index contributed by atoms with van der Waals surface area (Å²) in [6, 6.07) is 27.1. The van der Waals surface area contributed by atoms with Crippen LogP contribution in [0.1, 0.15) is 20.7 Å². The minimum Gasteiger partial charge on any atom is -0.478 e. The van der Waals surface area contributed by atoms with Crippen LogP contribution >= 0.6 is 85.0 Å². The van der Waals surface area contributed by atoms with Crippen molar-refractivity contribution in [2.45, 2.75) is 0 Å². The van der Waals surface area contributed by atoms with E-state index in [0.717, 1.165) is 27.4 Å². The van der Waals surface area contributed by atoms with Crippen LogP contribution in [0.5, 0.6) is 0 Å². The Bertz CT molecular complexity index is 2510. The van der Waals surface area contributed by atoms with Crippen LogP contribution in [0.4, 0.5) is 4.39 Å². The van der Waals surface area contributed by atoms with Crippen molar-refractivity contribution in [1.82, 2.24) is 9.97 Å². The fourth-order valence-corrected chi connectivity index (χ4v) is 7.74. The number of thiazole rings is 2. The van der Waals surface area contributed by atoms with Crippen LogP contribution in [0, 0.1) is 5.82 Å². The minimum absolute atomic E-state index is 0.0129. The smallest absolute Gasteiger partial charge is 0.339 e. The van der Waals surface area contributed by atoms with Crippen molar-refractivity contribution in [3.63, 3.8) is 0 Å². The zero-order chi connectivity index (χ0) is 37.8. The number of nitrogens with zero attached hydrogens (tertiary/aromatic N) is 2. The van der Waals surface area contributed by atoms with Gasteiger partial charge in [0.25, 0.3) is 0 Å². The molecule has 53 heavy (non-hydrogen) atoms. The molecule has 266 valence electrons. The van der Waals surface area contributed by atoms with E-state index in [2.05, 4.69) is 25.9 Å². The first-order valence-electron chi connectivity index (χ1n) is 15.3. The fourth-order valence-electron chi connectivity index (χ4n) is 5.08. The van der Waals surface area contributed by atoms with Gasteiger partial charge in [-0.15, -0.1) is 22.7 Å². The molecule has 0 aliphatic rings. The summed E-state index contributed by atoms with van der Waals surface area (Å²) in [5, 5.41) is 16.8. The van der Waals surface area contributed by atoms with Crippen molar-refractivity contribution in [2.75, 3.05) is 7.11 Å². The van der Waals surface area contributed by atoms with E-state index in [1.807, 2.05) is 35.0 Å². The van der Waals surface area contributed by atoms with Crippen LogP contribution in [0.15, 0.2) is 112 Å². The van der Waals surface area contributed by atoms with Crippen LogP contribution in [-0.4, -0.2) is 34.1 Å². The highest BCUT2D eigenvalue weighted by molar-refractivity contribution is 9.10. The molecule has 0 saturated carbocycles. The summed E-state index contributed by atoms with van der Waals surface area (Å²) < 4.78 is 19.6. The average Bonchev–Trinajstić information content (AvgIpc) is 3.86. The number of hydrogen-bond donors (Lipinski definition) is 1. The zero-order valence-electron chi connectivity index (χ0n) is 27.0. The standard InChI is InChI=1S/C22H12Cl2FNO2S.C17H10BrCl2NO2S/c23-17-8-6-12(10-18(17)24)20-11-29-21(26-20)13-5-7-14(16(9-13)22(27)28)15-3-1-2-4-19(15)25;1-23-17(22)11-6-10(2-4-12(11)18)16-21-15(8-24-16)9-3-5-13(19)14(20)7-9/h1-11H,(H,27,28);2-8H,1H3. The third kappa shape index (κ3) is 8.82. The molecular formula is C39H22BrCl4FN2O4S2. The summed E-state index contributed by atoms with van der Waals surface area (Å²) in [7, 11) is 1.35. The predicted molar refractivity (Wildman–Crippen MR) is 217 cm³/mol. The highest BCUT2D eigenvalue weighted by atomic mass is 79.9. The molecule has 0 radical (unpaired) electrons. The SMILES string of the molecule is COC(=O)c1cc(-c2nc(-c3ccc(Cl)c(Cl)c3)cs2)ccc1Br.O=C(O)c1cc(-c2nc(-c3ccc(Cl)c(Cl)c3)cs2)ccc1-c1ccccc1F. The topological polar surface area (TPSA) is 89.4 Å². The highest BCUT2D eigenvalue weighted by Crippen LogP contribution is 2.36. The second-order valence-corrected chi connectivity index (χ2v) is 15.3. The van der Waals surface area contributed by atoms with E-state index >= 15 is 0 Å². The molecule has 1 N–H and O–H groups in total. The number of carbonyl (C=O) groups is 2. The third-order valence-corrected chi connectivity index (χ3v) is 11.7. The molecule has 0 saturated heterocycles. The lowest BCUT2D eigenvalue weighted by atomic mass is 9.97. The highest BCUT2D eigenvalue weighted by Gasteiger charge is 2.18. The number of carboxylic acid groups (broad SMARTS) is 1. The van der Waals surface area contributed by atoms with Gasteiger partial charge in [-0.2, -0.15) is 0 Å². The molecule has 7 rings (SSSR count). The number of ether oxygens (including phenoxy) is 1. The maximum atomic E-state index is 14.2. The summed E-state index contributed by atoms with van der Waals surface area (Å²) in [6.07, 6.45) is 0. The van der Waals surface area contributed by atoms with Crippen LogP contribution in [-0.2, 0) is 4.74 Å². The average molecular weight is 887 g/mol. The molecule has 0 spiro atoms. The molecular weight excluding hydrogens is 865 g/mol. The van der Waals surface area contributed by atoms with E-state index in [9.17, 15) is 19.1 Å². The van der Waals surface area contributed by atoms with Crippen LogP contribution in [0.2, 0.25) is 20.1 Å². The quantitative estimate of drug-likeness (QED) is 0.160. The molecule has 5 aromatic carbocycles. The number of rotatable bonds is 7. The van der Waals surface area contributed by atoms with Crippen molar-refractivity contribution in [1.29, 1.82) is 0 Å². The number of aromatic carboxylic acids is 1. The van der Waals surface area contributed by atoms with Crippen molar-refractivity contribution in [3.05, 3.63) is 149 Å². The van der Waals surface area contributed by atoms with Gasteiger partial charge < -0.3 is 9.84 Å². The zero-order valence-corrected chi connectivity index (χ0v) is 33.3. The summed E-state index contributed by atoms with van der Waals surface area (Å²) in [6.45, 7) is 0. The molecule has 0 aliphatic heterocycles. The Hall–Kier alpha value is -4.13. The molecule has 0 aliphatic carbocycles. The molecule has 14 heteroatoms. The molecule has 0 fully saturated rings. The van der Waals surface area contributed by atoms with Crippen molar-refractivity contribution in [3.8, 4) is 54.8 Å².